The summed E-state index contributed by atoms with van der Waals surface area (Å²) in [5.41, 5.74) is 0.760. The Bertz CT molecular complexity index is 532. The van der Waals surface area contributed by atoms with Crippen molar-refractivity contribution in [2.75, 3.05) is 32.7 Å². The lowest BCUT2D eigenvalue weighted by Crippen LogP contribution is -2.25. The van der Waals surface area contributed by atoms with E-state index in [1.807, 2.05) is 0 Å². The quantitative estimate of drug-likeness (QED) is 0.709. The predicted octanol–water partition coefficient (Wildman–Crippen LogP) is 2.27. The summed E-state index contributed by atoms with van der Waals surface area (Å²) < 4.78 is 2.07. The fourth-order valence-corrected chi connectivity index (χ4v) is 3.27. The number of pyridine rings is 1. The van der Waals surface area contributed by atoms with Gasteiger partial charge in [0.1, 0.15) is 0 Å². The lowest BCUT2D eigenvalue weighted by atomic mass is 10.2. The number of hydrogen-bond donors (Lipinski definition) is 1. The van der Waals surface area contributed by atoms with Gasteiger partial charge in [0.05, 0.1) is 6.20 Å². The molecule has 1 aliphatic rings. The van der Waals surface area contributed by atoms with Gasteiger partial charge in [0, 0.05) is 24.8 Å². The fraction of sp³-hybridized carbons (Fsp3) is 0.722. The summed E-state index contributed by atoms with van der Waals surface area (Å²) in [6.07, 6.45) is 6.30. The van der Waals surface area contributed by atoms with Gasteiger partial charge in [-0.25, -0.2) is 0 Å². The summed E-state index contributed by atoms with van der Waals surface area (Å²) in [7, 11) is 0. The van der Waals surface area contributed by atoms with E-state index in [0.717, 1.165) is 64.3 Å². The van der Waals surface area contributed by atoms with Crippen molar-refractivity contribution in [3.05, 3.63) is 28.2 Å². The Morgan fingerprint density at radius 2 is 1.87 bits per heavy atom. The molecule has 2 rings (SSSR count). The van der Waals surface area contributed by atoms with Crippen LogP contribution in [0.15, 0.2) is 17.1 Å². The average Bonchev–Trinajstić information content (AvgIpc) is 3.05. The summed E-state index contributed by atoms with van der Waals surface area (Å²) in [6, 6.07) is 1.61. The second-order valence-electron chi connectivity index (χ2n) is 6.42. The van der Waals surface area contributed by atoms with Crippen LogP contribution < -0.4 is 5.43 Å². The van der Waals surface area contributed by atoms with Crippen LogP contribution in [0.1, 0.15) is 45.2 Å². The van der Waals surface area contributed by atoms with E-state index in [0.29, 0.717) is 0 Å². The van der Waals surface area contributed by atoms with Crippen molar-refractivity contribution in [2.24, 2.45) is 0 Å². The first kappa shape index (κ1) is 18.0. The Hall–Kier alpha value is -1.33. The summed E-state index contributed by atoms with van der Waals surface area (Å²) in [5.74, 6) is -0.140. The Labute approximate surface area is 139 Å². The number of aryl methyl sites for hydroxylation is 1. The smallest absolute Gasteiger partial charge is 0.223 e. The van der Waals surface area contributed by atoms with Crippen molar-refractivity contribution in [3.63, 3.8) is 0 Å². The first-order valence-corrected chi connectivity index (χ1v) is 9.01. The Kier molecular flexibility index (Phi) is 7.12. The van der Waals surface area contributed by atoms with Crippen LogP contribution in [-0.2, 0) is 13.1 Å². The van der Waals surface area contributed by atoms with Crippen molar-refractivity contribution in [1.29, 1.82) is 0 Å². The van der Waals surface area contributed by atoms with Gasteiger partial charge in [-0.2, -0.15) is 0 Å². The average molecular weight is 321 g/mol. The molecule has 0 unspecified atom stereocenters. The second-order valence-corrected chi connectivity index (χ2v) is 6.42. The maximum absolute atomic E-state index is 11.8. The van der Waals surface area contributed by atoms with Gasteiger partial charge in [-0.3, -0.25) is 9.69 Å². The maximum atomic E-state index is 11.8. The summed E-state index contributed by atoms with van der Waals surface area (Å²) in [6.45, 7) is 11.6. The molecule has 1 saturated heterocycles. The van der Waals surface area contributed by atoms with Crippen molar-refractivity contribution in [2.45, 2.75) is 52.6 Å². The zero-order valence-electron chi connectivity index (χ0n) is 14.6. The molecule has 0 aliphatic carbocycles. The van der Waals surface area contributed by atoms with E-state index in [4.69, 9.17) is 0 Å². The molecule has 23 heavy (non-hydrogen) atoms. The predicted molar refractivity (Wildman–Crippen MR) is 93.9 cm³/mol. The highest BCUT2D eigenvalue weighted by Gasteiger charge is 2.14. The molecule has 1 fully saturated rings. The number of aromatic hydroxyl groups is 1. The first-order chi connectivity index (χ1) is 11.1. The zero-order valence-corrected chi connectivity index (χ0v) is 14.6. The van der Waals surface area contributed by atoms with E-state index in [-0.39, 0.29) is 11.2 Å². The molecule has 0 atom stereocenters. The Morgan fingerprint density at radius 3 is 2.52 bits per heavy atom. The molecule has 1 aromatic heterocycles. The summed E-state index contributed by atoms with van der Waals surface area (Å²) in [4.78, 5) is 16.6. The minimum Gasteiger partial charge on any atom is -0.503 e. The molecular weight excluding hydrogens is 290 g/mol. The van der Waals surface area contributed by atoms with Crippen LogP contribution in [0.25, 0.3) is 0 Å². The van der Waals surface area contributed by atoms with Crippen LogP contribution in [0, 0.1) is 0 Å². The number of rotatable bonds is 9. The number of unbranched alkanes of at least 4 members (excludes halogenated alkanes) is 1. The van der Waals surface area contributed by atoms with Gasteiger partial charge in [-0.15, -0.1) is 0 Å². The van der Waals surface area contributed by atoms with Gasteiger partial charge in [0.15, 0.2) is 5.75 Å². The molecule has 1 N–H and O–H groups in total. The van der Waals surface area contributed by atoms with E-state index in [1.54, 1.807) is 12.3 Å². The molecule has 5 heteroatoms. The topological polar surface area (TPSA) is 48.7 Å². The van der Waals surface area contributed by atoms with Crippen molar-refractivity contribution in [3.8, 4) is 5.75 Å². The van der Waals surface area contributed by atoms with E-state index in [9.17, 15) is 9.90 Å². The van der Waals surface area contributed by atoms with Gasteiger partial charge >= 0.3 is 0 Å². The molecule has 0 saturated carbocycles. The minimum atomic E-state index is -0.265. The fourth-order valence-electron chi connectivity index (χ4n) is 3.27. The molecule has 1 aliphatic heterocycles. The minimum absolute atomic E-state index is 0.140. The van der Waals surface area contributed by atoms with Crippen molar-refractivity contribution in [1.82, 2.24) is 14.4 Å². The maximum Gasteiger partial charge on any atom is 0.223 e. The third kappa shape index (κ3) is 5.36. The van der Waals surface area contributed by atoms with Crippen LogP contribution in [0.4, 0.5) is 0 Å². The number of hydrogen-bond acceptors (Lipinski definition) is 4. The van der Waals surface area contributed by atoms with Crippen molar-refractivity contribution >= 4 is 0 Å². The molecule has 2 heterocycles. The van der Waals surface area contributed by atoms with E-state index in [2.05, 4.69) is 28.2 Å². The molecular formula is C18H31N3O2. The van der Waals surface area contributed by atoms with Crippen LogP contribution in [0.3, 0.4) is 0 Å². The Morgan fingerprint density at radius 1 is 1.17 bits per heavy atom. The van der Waals surface area contributed by atoms with Crippen LogP contribution in [-0.4, -0.2) is 52.2 Å². The van der Waals surface area contributed by atoms with Gasteiger partial charge < -0.3 is 14.6 Å². The molecule has 0 spiro atoms. The normalized spacial score (nSPS) is 15.6. The second kappa shape index (κ2) is 9.08. The van der Waals surface area contributed by atoms with E-state index < -0.39 is 0 Å². The molecule has 5 nitrogen and oxygen atoms in total. The highest BCUT2D eigenvalue weighted by Crippen LogP contribution is 2.14. The van der Waals surface area contributed by atoms with Gasteiger partial charge in [-0.1, -0.05) is 13.8 Å². The van der Waals surface area contributed by atoms with Gasteiger partial charge in [-0.05, 0) is 58.4 Å². The highest BCUT2D eigenvalue weighted by atomic mass is 16.3. The number of likely N-dealkylation sites (tertiary alicyclic amines) is 1. The van der Waals surface area contributed by atoms with Crippen LogP contribution >= 0.6 is 0 Å². The van der Waals surface area contributed by atoms with E-state index >= 15 is 0 Å². The third-order valence-electron chi connectivity index (χ3n) is 4.80. The largest absolute Gasteiger partial charge is 0.503 e. The zero-order chi connectivity index (χ0) is 16.7. The molecule has 0 radical (unpaired) electrons. The van der Waals surface area contributed by atoms with Crippen LogP contribution in [0.2, 0.25) is 0 Å². The monoisotopic (exact) mass is 321 g/mol. The van der Waals surface area contributed by atoms with Crippen molar-refractivity contribution < 1.29 is 5.11 Å². The highest BCUT2D eigenvalue weighted by molar-refractivity contribution is 5.20. The number of aromatic nitrogens is 1. The molecule has 0 aromatic carbocycles. The van der Waals surface area contributed by atoms with Gasteiger partial charge in [0.2, 0.25) is 5.43 Å². The molecule has 1 aromatic rings. The molecule has 0 bridgehead atoms. The third-order valence-corrected chi connectivity index (χ3v) is 4.80. The van der Waals surface area contributed by atoms with E-state index in [1.165, 1.54) is 12.8 Å². The molecule has 0 amide bonds. The lowest BCUT2D eigenvalue weighted by Gasteiger charge is -2.20. The van der Waals surface area contributed by atoms with Crippen LogP contribution in [0.5, 0.6) is 5.75 Å². The number of nitrogens with zero attached hydrogens (tertiary/aromatic N) is 3. The SMILES string of the molecule is CCN(CC)CCCCn1cc(O)c(=O)cc1CN1CCCC1. The summed E-state index contributed by atoms with van der Waals surface area (Å²) >= 11 is 0. The summed E-state index contributed by atoms with van der Waals surface area (Å²) in [5, 5.41) is 9.75. The standard InChI is InChI=1S/C18H31N3O2/c1-3-19(4-2)9-7-8-12-21-15-18(23)17(22)13-16(21)14-20-10-5-6-11-20/h13,15,23H,3-12,14H2,1-2H3. The Balaban J connectivity index is 1.95. The first-order valence-electron chi connectivity index (χ1n) is 9.01. The lowest BCUT2D eigenvalue weighted by molar-refractivity contribution is 0.291. The molecule has 130 valence electrons. The van der Waals surface area contributed by atoms with Gasteiger partial charge in [0.25, 0.3) is 0 Å².